The predicted molar refractivity (Wildman–Crippen MR) is 50.9 cm³/mol. The molecule has 1 aliphatic rings. The Labute approximate surface area is 79.7 Å². The molecule has 0 spiro atoms. The molecule has 72 valence electrons. The van der Waals surface area contributed by atoms with Crippen molar-refractivity contribution in [3.63, 3.8) is 0 Å². The van der Waals surface area contributed by atoms with Crippen molar-refractivity contribution in [2.75, 3.05) is 6.61 Å². The Hall–Kier alpha value is -0.970. The zero-order chi connectivity index (χ0) is 10.1. The molecule has 1 fully saturated rings. The van der Waals surface area contributed by atoms with Crippen LogP contribution in [0.5, 0.6) is 0 Å². The first-order valence-electron chi connectivity index (χ1n) is 4.55. The first kappa shape index (κ1) is 10.1. The van der Waals surface area contributed by atoms with Gasteiger partial charge >= 0.3 is 5.97 Å². The molecule has 2 nitrogen and oxygen atoms in total. The maximum atomic E-state index is 11.6. The quantitative estimate of drug-likeness (QED) is 0.480. The van der Waals surface area contributed by atoms with Crippen molar-refractivity contribution in [1.29, 1.82) is 0 Å². The summed E-state index contributed by atoms with van der Waals surface area (Å²) in [6.45, 7) is 6.29. The summed E-state index contributed by atoms with van der Waals surface area (Å²) in [6, 6.07) is 0. The van der Waals surface area contributed by atoms with Gasteiger partial charge in [0.25, 0.3) is 0 Å². The standard InChI is InChI=1S/C11H16O2/c1-5-8-13-9(12)11(6-7-11)10(2,3)4/h1H,6-8H2,2-4H3. The summed E-state index contributed by atoms with van der Waals surface area (Å²) in [5.74, 6) is 2.18. The van der Waals surface area contributed by atoms with Gasteiger partial charge in [-0.2, -0.15) is 0 Å². The maximum Gasteiger partial charge on any atom is 0.313 e. The molecule has 0 radical (unpaired) electrons. The van der Waals surface area contributed by atoms with Gasteiger partial charge < -0.3 is 4.74 Å². The number of hydrogen-bond donors (Lipinski definition) is 0. The van der Waals surface area contributed by atoms with E-state index >= 15 is 0 Å². The van der Waals surface area contributed by atoms with Gasteiger partial charge in [0.05, 0.1) is 5.41 Å². The van der Waals surface area contributed by atoms with Crippen LogP contribution in [-0.2, 0) is 9.53 Å². The molecule has 0 aromatic heterocycles. The molecule has 0 atom stereocenters. The molecule has 0 aromatic rings. The summed E-state index contributed by atoms with van der Waals surface area (Å²) in [5, 5.41) is 0. The Morgan fingerprint density at radius 2 is 2.08 bits per heavy atom. The van der Waals surface area contributed by atoms with Gasteiger partial charge in [0.1, 0.15) is 0 Å². The van der Waals surface area contributed by atoms with Crippen molar-refractivity contribution >= 4 is 5.97 Å². The highest BCUT2D eigenvalue weighted by molar-refractivity contribution is 5.81. The highest BCUT2D eigenvalue weighted by Crippen LogP contribution is 2.59. The van der Waals surface area contributed by atoms with Gasteiger partial charge in [-0.1, -0.05) is 26.7 Å². The van der Waals surface area contributed by atoms with E-state index in [0.29, 0.717) is 0 Å². The van der Waals surface area contributed by atoms with Crippen LogP contribution < -0.4 is 0 Å². The van der Waals surface area contributed by atoms with Crippen molar-refractivity contribution in [2.45, 2.75) is 33.6 Å². The first-order chi connectivity index (χ1) is 5.94. The Kier molecular flexibility index (Phi) is 2.38. The third-order valence-corrected chi connectivity index (χ3v) is 2.86. The van der Waals surface area contributed by atoms with Crippen LogP contribution >= 0.6 is 0 Å². The molecule has 1 rings (SSSR count). The van der Waals surface area contributed by atoms with Crippen molar-refractivity contribution in [3.05, 3.63) is 0 Å². The van der Waals surface area contributed by atoms with Crippen LogP contribution in [0.1, 0.15) is 33.6 Å². The van der Waals surface area contributed by atoms with E-state index in [4.69, 9.17) is 11.2 Å². The molecular formula is C11H16O2. The van der Waals surface area contributed by atoms with E-state index < -0.39 is 0 Å². The average molecular weight is 180 g/mol. The van der Waals surface area contributed by atoms with E-state index in [1.807, 2.05) is 0 Å². The second-order valence-corrected chi connectivity index (χ2v) is 4.61. The van der Waals surface area contributed by atoms with E-state index in [1.165, 1.54) is 0 Å². The molecule has 1 saturated carbocycles. The Bertz CT molecular complexity index is 248. The second kappa shape index (κ2) is 3.06. The molecule has 13 heavy (non-hydrogen) atoms. The van der Waals surface area contributed by atoms with Gasteiger partial charge in [-0.15, -0.1) is 6.42 Å². The van der Waals surface area contributed by atoms with Gasteiger partial charge in [0, 0.05) is 0 Å². The van der Waals surface area contributed by atoms with Crippen molar-refractivity contribution < 1.29 is 9.53 Å². The molecule has 0 saturated heterocycles. The fraction of sp³-hybridized carbons (Fsp3) is 0.727. The average Bonchev–Trinajstić information content (AvgIpc) is 2.78. The Morgan fingerprint density at radius 1 is 1.54 bits per heavy atom. The minimum absolute atomic E-state index is 0.0152. The second-order valence-electron chi connectivity index (χ2n) is 4.61. The molecule has 0 bridgehead atoms. The number of terminal acetylenes is 1. The van der Waals surface area contributed by atoms with Crippen LogP contribution in [0.25, 0.3) is 0 Å². The van der Waals surface area contributed by atoms with E-state index in [0.717, 1.165) is 12.8 Å². The van der Waals surface area contributed by atoms with Gasteiger partial charge in [-0.25, -0.2) is 0 Å². The van der Waals surface area contributed by atoms with Gasteiger partial charge in [-0.05, 0) is 18.3 Å². The third-order valence-electron chi connectivity index (χ3n) is 2.86. The number of carbonyl (C=O) groups excluding carboxylic acids is 1. The molecule has 0 aliphatic heterocycles. The molecule has 0 N–H and O–H groups in total. The molecular weight excluding hydrogens is 164 g/mol. The maximum absolute atomic E-state index is 11.6. The van der Waals surface area contributed by atoms with Gasteiger partial charge in [0.2, 0.25) is 0 Å². The summed E-state index contributed by atoms with van der Waals surface area (Å²) in [5.41, 5.74) is -0.275. The predicted octanol–water partition coefficient (Wildman–Crippen LogP) is 1.99. The van der Waals surface area contributed by atoms with E-state index in [-0.39, 0.29) is 23.4 Å². The fourth-order valence-corrected chi connectivity index (χ4v) is 1.63. The number of esters is 1. The van der Waals surface area contributed by atoms with Crippen LogP contribution in [0.15, 0.2) is 0 Å². The summed E-state index contributed by atoms with van der Waals surface area (Å²) in [4.78, 5) is 11.6. The molecule has 2 heteroatoms. The SMILES string of the molecule is C#CCOC(=O)C1(C(C)(C)C)CC1. The van der Waals surface area contributed by atoms with Crippen LogP contribution in [0.4, 0.5) is 0 Å². The van der Waals surface area contributed by atoms with Crippen molar-refractivity contribution in [3.8, 4) is 12.3 Å². The summed E-state index contributed by atoms with van der Waals surface area (Å²) < 4.78 is 4.97. The molecule has 1 aliphatic carbocycles. The topological polar surface area (TPSA) is 26.3 Å². The minimum atomic E-state index is -0.260. The highest BCUT2D eigenvalue weighted by atomic mass is 16.5. The third kappa shape index (κ3) is 1.70. The first-order valence-corrected chi connectivity index (χ1v) is 4.55. The summed E-state index contributed by atoms with van der Waals surface area (Å²) >= 11 is 0. The normalized spacial score (nSPS) is 18.9. The molecule has 0 heterocycles. The van der Waals surface area contributed by atoms with Crippen LogP contribution in [0.3, 0.4) is 0 Å². The monoisotopic (exact) mass is 180 g/mol. The van der Waals surface area contributed by atoms with Crippen LogP contribution in [0.2, 0.25) is 0 Å². The summed E-state index contributed by atoms with van der Waals surface area (Å²) in [6.07, 6.45) is 6.88. The van der Waals surface area contributed by atoms with Crippen molar-refractivity contribution in [1.82, 2.24) is 0 Å². The fourth-order valence-electron chi connectivity index (χ4n) is 1.63. The lowest BCUT2D eigenvalue weighted by molar-refractivity contribution is -0.153. The van der Waals surface area contributed by atoms with E-state index in [1.54, 1.807) is 0 Å². The van der Waals surface area contributed by atoms with Gasteiger partial charge in [0.15, 0.2) is 6.61 Å². The number of carbonyl (C=O) groups is 1. The zero-order valence-electron chi connectivity index (χ0n) is 8.52. The number of ether oxygens (including phenoxy) is 1. The minimum Gasteiger partial charge on any atom is -0.452 e. The van der Waals surface area contributed by atoms with E-state index in [9.17, 15) is 4.79 Å². The van der Waals surface area contributed by atoms with Gasteiger partial charge in [-0.3, -0.25) is 4.79 Å². The largest absolute Gasteiger partial charge is 0.452 e. The van der Waals surface area contributed by atoms with Crippen molar-refractivity contribution in [2.24, 2.45) is 10.8 Å². The molecule has 0 aromatic carbocycles. The smallest absolute Gasteiger partial charge is 0.313 e. The lowest BCUT2D eigenvalue weighted by Gasteiger charge is -2.28. The number of rotatable bonds is 2. The van der Waals surface area contributed by atoms with Crippen LogP contribution in [-0.4, -0.2) is 12.6 Å². The molecule has 0 amide bonds. The Balaban J connectivity index is 2.62. The zero-order valence-corrected chi connectivity index (χ0v) is 8.52. The van der Waals surface area contributed by atoms with E-state index in [2.05, 4.69) is 26.7 Å². The summed E-state index contributed by atoms with van der Waals surface area (Å²) in [7, 11) is 0. The number of hydrogen-bond acceptors (Lipinski definition) is 2. The highest BCUT2D eigenvalue weighted by Gasteiger charge is 2.59. The Morgan fingerprint density at radius 3 is 2.38 bits per heavy atom. The molecule has 0 unspecified atom stereocenters. The lowest BCUT2D eigenvalue weighted by Crippen LogP contribution is -2.32. The van der Waals surface area contributed by atoms with Crippen LogP contribution in [0, 0.1) is 23.2 Å². The lowest BCUT2D eigenvalue weighted by atomic mass is 9.77.